The van der Waals surface area contributed by atoms with E-state index in [0.717, 1.165) is 16.4 Å². The van der Waals surface area contributed by atoms with Gasteiger partial charge in [-0.3, -0.25) is 4.79 Å². The second-order valence-electron chi connectivity index (χ2n) is 4.01. The van der Waals surface area contributed by atoms with Gasteiger partial charge >= 0.3 is 0 Å². The molecule has 0 radical (unpaired) electrons. The summed E-state index contributed by atoms with van der Waals surface area (Å²) in [5, 5.41) is 3.18. The Bertz CT molecular complexity index is 444. The molecule has 0 unspecified atom stereocenters. The molecule has 1 aliphatic rings. The van der Waals surface area contributed by atoms with Crippen molar-refractivity contribution in [2.45, 2.75) is 26.3 Å². The van der Waals surface area contributed by atoms with Crippen molar-refractivity contribution in [3.05, 3.63) is 24.3 Å². The van der Waals surface area contributed by atoms with E-state index in [1.807, 2.05) is 31.2 Å². The summed E-state index contributed by atoms with van der Waals surface area (Å²) in [6.45, 7) is 3.60. The molecule has 1 aromatic carbocycles. The van der Waals surface area contributed by atoms with Crippen LogP contribution in [0.3, 0.4) is 0 Å². The number of fused-ring (bicyclic) bond motifs is 1. The molecule has 16 heavy (non-hydrogen) atoms. The molecule has 4 heteroatoms. The van der Waals surface area contributed by atoms with Crippen molar-refractivity contribution in [2.75, 3.05) is 10.2 Å². The van der Waals surface area contributed by atoms with Gasteiger partial charge in [0.15, 0.2) is 0 Å². The minimum absolute atomic E-state index is 0.0476. The zero-order valence-electron chi connectivity index (χ0n) is 9.36. The highest BCUT2D eigenvalue weighted by atomic mass is 32.1. The summed E-state index contributed by atoms with van der Waals surface area (Å²) in [6.07, 6.45) is 0.698. The number of thiocarbonyl (C=S) groups is 1. The van der Waals surface area contributed by atoms with Gasteiger partial charge in [-0.2, -0.15) is 0 Å². The van der Waals surface area contributed by atoms with E-state index < -0.39 is 0 Å². The lowest BCUT2D eigenvalue weighted by molar-refractivity contribution is -0.116. The Labute approximate surface area is 100 Å². The molecule has 0 aromatic heterocycles. The molecule has 1 amide bonds. The van der Waals surface area contributed by atoms with E-state index in [1.165, 1.54) is 0 Å². The first-order chi connectivity index (χ1) is 7.59. The maximum Gasteiger partial charge on any atom is 0.224 e. The molecular formula is C12H14N2OS. The van der Waals surface area contributed by atoms with Gasteiger partial charge in [0.25, 0.3) is 0 Å². The van der Waals surface area contributed by atoms with Crippen molar-refractivity contribution in [1.29, 1.82) is 0 Å². The number of para-hydroxylation sites is 2. The molecule has 0 fully saturated rings. The highest BCUT2D eigenvalue weighted by molar-refractivity contribution is 7.80. The van der Waals surface area contributed by atoms with E-state index in [4.69, 9.17) is 12.2 Å². The van der Waals surface area contributed by atoms with Crippen LogP contribution in [0.4, 0.5) is 11.4 Å². The van der Waals surface area contributed by atoms with E-state index in [-0.39, 0.29) is 11.9 Å². The highest BCUT2D eigenvalue weighted by Crippen LogP contribution is 2.31. The van der Waals surface area contributed by atoms with Crippen LogP contribution in [0, 0.1) is 0 Å². The summed E-state index contributed by atoms with van der Waals surface area (Å²) in [5.74, 6) is 0.0476. The lowest BCUT2D eigenvalue weighted by atomic mass is 10.2. The third kappa shape index (κ3) is 1.93. The largest absolute Gasteiger partial charge is 0.348 e. The second-order valence-corrected chi connectivity index (χ2v) is 4.50. The van der Waals surface area contributed by atoms with E-state index >= 15 is 0 Å². The average Bonchev–Trinajstić information content (AvgIpc) is 2.31. The number of amides is 1. The highest BCUT2D eigenvalue weighted by Gasteiger charge is 2.25. The second kappa shape index (κ2) is 4.22. The van der Waals surface area contributed by atoms with Crippen LogP contribution >= 0.6 is 12.2 Å². The number of carbonyl (C=O) groups excluding carboxylic acids is 1. The number of anilines is 2. The zero-order chi connectivity index (χ0) is 11.7. The Morgan fingerprint density at radius 3 is 2.88 bits per heavy atom. The van der Waals surface area contributed by atoms with Gasteiger partial charge < -0.3 is 10.2 Å². The van der Waals surface area contributed by atoms with Crippen molar-refractivity contribution >= 4 is 34.5 Å². The number of nitrogens with zero attached hydrogens (tertiary/aromatic N) is 1. The first kappa shape index (κ1) is 11.1. The maximum absolute atomic E-state index is 11.7. The molecule has 2 rings (SSSR count). The van der Waals surface area contributed by atoms with Gasteiger partial charge in [0.2, 0.25) is 5.91 Å². The minimum atomic E-state index is 0.0476. The van der Waals surface area contributed by atoms with Crippen LogP contribution in [0.15, 0.2) is 24.3 Å². The summed E-state index contributed by atoms with van der Waals surface area (Å²) >= 11 is 5.24. The Balaban J connectivity index is 2.53. The molecule has 1 N–H and O–H groups in total. The van der Waals surface area contributed by atoms with E-state index in [9.17, 15) is 4.79 Å². The topological polar surface area (TPSA) is 32.3 Å². The molecule has 1 aliphatic heterocycles. The van der Waals surface area contributed by atoms with Crippen LogP contribution in [0.2, 0.25) is 0 Å². The third-order valence-electron chi connectivity index (χ3n) is 2.70. The molecule has 1 atom stereocenters. The predicted molar refractivity (Wildman–Crippen MR) is 69.9 cm³/mol. The lowest BCUT2D eigenvalue weighted by Crippen LogP contribution is -2.37. The predicted octanol–water partition coefficient (Wildman–Crippen LogP) is 2.57. The Kier molecular flexibility index (Phi) is 2.92. The van der Waals surface area contributed by atoms with Crippen LogP contribution in [0.1, 0.15) is 20.3 Å². The van der Waals surface area contributed by atoms with Crippen LogP contribution < -0.4 is 10.2 Å². The van der Waals surface area contributed by atoms with Crippen molar-refractivity contribution in [1.82, 2.24) is 0 Å². The first-order valence-corrected chi connectivity index (χ1v) is 5.69. The van der Waals surface area contributed by atoms with Gasteiger partial charge in [-0.1, -0.05) is 24.4 Å². The Morgan fingerprint density at radius 2 is 2.19 bits per heavy atom. The van der Waals surface area contributed by atoms with Gasteiger partial charge in [-0.05, 0) is 19.1 Å². The summed E-state index contributed by atoms with van der Waals surface area (Å²) in [7, 11) is 0. The summed E-state index contributed by atoms with van der Waals surface area (Å²) in [5.41, 5.74) is 1.81. The van der Waals surface area contributed by atoms with Crippen LogP contribution in [-0.2, 0) is 4.79 Å². The molecule has 1 aromatic rings. The van der Waals surface area contributed by atoms with E-state index in [1.54, 1.807) is 11.8 Å². The smallest absolute Gasteiger partial charge is 0.224 e. The normalized spacial score (nSPS) is 19.8. The SMILES string of the molecule is CC(=O)N1c2ccccc2NC(=S)C[C@H]1C. The van der Waals surface area contributed by atoms with Gasteiger partial charge in [-0.25, -0.2) is 0 Å². The van der Waals surface area contributed by atoms with Gasteiger partial charge in [-0.15, -0.1) is 0 Å². The van der Waals surface area contributed by atoms with Crippen molar-refractivity contribution in [3.8, 4) is 0 Å². The van der Waals surface area contributed by atoms with Crippen molar-refractivity contribution in [2.24, 2.45) is 0 Å². The standard InChI is InChI=1S/C12H14N2OS/c1-8-7-12(16)13-10-5-3-4-6-11(10)14(8)9(2)15/h3-6,8H,7H2,1-2H3,(H,13,16)/t8-/m1/s1. The average molecular weight is 234 g/mol. The fourth-order valence-corrected chi connectivity index (χ4v) is 2.42. The number of nitrogens with one attached hydrogen (secondary N) is 1. The molecule has 3 nitrogen and oxygen atoms in total. The number of rotatable bonds is 0. The van der Waals surface area contributed by atoms with Crippen molar-refractivity contribution in [3.63, 3.8) is 0 Å². The number of carbonyl (C=O) groups is 1. The van der Waals surface area contributed by atoms with E-state index in [0.29, 0.717) is 6.42 Å². The lowest BCUT2D eigenvalue weighted by Gasteiger charge is -2.26. The van der Waals surface area contributed by atoms with Crippen LogP contribution in [0.25, 0.3) is 0 Å². The molecule has 0 bridgehead atoms. The Morgan fingerprint density at radius 1 is 1.50 bits per heavy atom. The zero-order valence-corrected chi connectivity index (χ0v) is 10.2. The Hall–Kier alpha value is -1.42. The molecule has 0 spiro atoms. The molecule has 0 aliphatic carbocycles. The fraction of sp³-hybridized carbons (Fsp3) is 0.333. The summed E-state index contributed by atoms with van der Waals surface area (Å²) < 4.78 is 0. The summed E-state index contributed by atoms with van der Waals surface area (Å²) in [6, 6.07) is 7.84. The third-order valence-corrected chi connectivity index (χ3v) is 2.97. The number of hydrogen-bond donors (Lipinski definition) is 1. The minimum Gasteiger partial charge on any atom is -0.348 e. The molecule has 84 valence electrons. The monoisotopic (exact) mass is 234 g/mol. The molecular weight excluding hydrogens is 220 g/mol. The van der Waals surface area contributed by atoms with Crippen LogP contribution in [-0.4, -0.2) is 16.9 Å². The van der Waals surface area contributed by atoms with Gasteiger partial charge in [0.1, 0.15) is 0 Å². The maximum atomic E-state index is 11.7. The molecule has 0 saturated carbocycles. The number of benzene rings is 1. The summed E-state index contributed by atoms with van der Waals surface area (Å²) in [4.78, 5) is 14.3. The van der Waals surface area contributed by atoms with Gasteiger partial charge in [0, 0.05) is 19.4 Å². The van der Waals surface area contributed by atoms with Crippen LogP contribution in [0.5, 0.6) is 0 Å². The van der Waals surface area contributed by atoms with Crippen molar-refractivity contribution < 1.29 is 4.79 Å². The molecule has 0 saturated heterocycles. The van der Waals surface area contributed by atoms with E-state index in [2.05, 4.69) is 5.32 Å². The quantitative estimate of drug-likeness (QED) is 0.700. The van der Waals surface area contributed by atoms with Gasteiger partial charge in [0.05, 0.1) is 16.4 Å². The fourth-order valence-electron chi connectivity index (χ4n) is 2.07. The number of hydrogen-bond acceptors (Lipinski definition) is 2. The molecule has 1 heterocycles. The first-order valence-electron chi connectivity index (χ1n) is 5.28.